The van der Waals surface area contributed by atoms with Gasteiger partial charge in [-0.2, -0.15) is 0 Å². The molecule has 2 aromatic carbocycles. The lowest BCUT2D eigenvalue weighted by Gasteiger charge is -2.12. The minimum atomic E-state index is -0.706. The van der Waals surface area contributed by atoms with E-state index in [0.29, 0.717) is 11.4 Å². The highest BCUT2D eigenvalue weighted by atomic mass is 16.6. The summed E-state index contributed by atoms with van der Waals surface area (Å²) in [6.07, 6.45) is 1.13. The third-order valence-corrected chi connectivity index (χ3v) is 4.40. The zero-order chi connectivity index (χ0) is 24.0. The van der Waals surface area contributed by atoms with E-state index in [4.69, 9.17) is 14.2 Å². The Morgan fingerprint density at radius 1 is 0.848 bits per heavy atom. The van der Waals surface area contributed by atoms with Gasteiger partial charge in [0.25, 0.3) is 0 Å². The van der Waals surface area contributed by atoms with E-state index in [1.54, 1.807) is 24.3 Å². The molecular weight excluding hydrogens is 434 g/mol. The molecule has 0 bridgehead atoms. The van der Waals surface area contributed by atoms with Gasteiger partial charge in [0.15, 0.2) is 0 Å². The molecule has 12 nitrogen and oxygen atoms in total. The number of rotatable bonds is 8. The van der Waals surface area contributed by atoms with Crippen molar-refractivity contribution < 1.29 is 28.7 Å². The van der Waals surface area contributed by atoms with E-state index in [9.17, 15) is 19.7 Å². The van der Waals surface area contributed by atoms with Gasteiger partial charge in [-0.25, -0.2) is 19.6 Å². The van der Waals surface area contributed by atoms with Crippen molar-refractivity contribution in [3.63, 3.8) is 0 Å². The minimum Gasteiger partial charge on any atom is -0.497 e. The molecule has 0 saturated carbocycles. The number of hydrogen-bond donors (Lipinski definition) is 2. The number of nitrogens with one attached hydrogen (secondary N) is 2. The van der Waals surface area contributed by atoms with Crippen LogP contribution in [0.25, 0.3) is 0 Å². The largest absolute Gasteiger partial charge is 0.497 e. The number of hydrogen-bond acceptors (Lipinski definition) is 11. The first-order valence-corrected chi connectivity index (χ1v) is 9.35. The molecule has 0 aliphatic rings. The molecule has 12 heteroatoms. The lowest BCUT2D eigenvalue weighted by atomic mass is 10.1. The predicted octanol–water partition coefficient (Wildman–Crippen LogP) is 3.45. The Balaban J connectivity index is 2.01. The van der Waals surface area contributed by atoms with Gasteiger partial charge in [0, 0.05) is 11.4 Å². The number of ether oxygens (including phenoxy) is 3. The average molecular weight is 453 g/mol. The minimum absolute atomic E-state index is 0.0381. The topological polar surface area (TPSA) is 155 Å². The summed E-state index contributed by atoms with van der Waals surface area (Å²) in [6.45, 7) is 0. The number of nitrogens with zero attached hydrogens (tertiary/aromatic N) is 3. The van der Waals surface area contributed by atoms with Crippen molar-refractivity contribution in [1.82, 2.24) is 9.97 Å². The van der Waals surface area contributed by atoms with Gasteiger partial charge in [0.05, 0.1) is 37.4 Å². The zero-order valence-electron chi connectivity index (χ0n) is 17.8. The van der Waals surface area contributed by atoms with Crippen molar-refractivity contribution >= 4 is 40.6 Å². The SMILES string of the molecule is COC(=O)c1cc(Nc2ncnc(Nc3ccc(OC)cc3)c2[N+](=O)[O-])cc(C(=O)OC)c1. The molecule has 170 valence electrons. The molecule has 1 heterocycles. The standard InChI is InChI=1S/C21H19N5O7/c1-31-16-6-4-14(5-7-16)24-18-17(26(29)30)19(23-11-22-18)25-15-9-12(20(27)32-2)8-13(10-15)21(28)33-3/h4-11H,1-3H3,(H2,22,23,24,25). The van der Waals surface area contributed by atoms with Gasteiger partial charge in [-0.1, -0.05) is 0 Å². The Bertz CT molecular complexity index is 1160. The predicted molar refractivity (Wildman–Crippen MR) is 117 cm³/mol. The van der Waals surface area contributed by atoms with Crippen molar-refractivity contribution in [3.8, 4) is 5.75 Å². The molecule has 2 N–H and O–H groups in total. The van der Waals surface area contributed by atoms with Gasteiger partial charge in [-0.3, -0.25) is 10.1 Å². The molecule has 0 atom stereocenters. The van der Waals surface area contributed by atoms with E-state index >= 15 is 0 Å². The van der Waals surface area contributed by atoms with Crippen molar-refractivity contribution in [1.29, 1.82) is 0 Å². The molecule has 3 rings (SSSR count). The molecule has 0 radical (unpaired) electrons. The summed E-state index contributed by atoms with van der Waals surface area (Å²) in [5.41, 5.74) is 0.337. The lowest BCUT2D eigenvalue weighted by Crippen LogP contribution is -2.09. The highest BCUT2D eigenvalue weighted by Crippen LogP contribution is 2.33. The number of methoxy groups -OCH3 is 3. The molecule has 0 unspecified atom stereocenters. The van der Waals surface area contributed by atoms with Gasteiger partial charge in [0.2, 0.25) is 11.6 Å². The first-order chi connectivity index (χ1) is 15.9. The number of benzene rings is 2. The summed E-state index contributed by atoms with van der Waals surface area (Å²) in [4.78, 5) is 43.1. The fraction of sp³-hybridized carbons (Fsp3) is 0.143. The van der Waals surface area contributed by atoms with E-state index in [-0.39, 0.29) is 28.5 Å². The maximum atomic E-state index is 12.0. The quantitative estimate of drug-likeness (QED) is 0.293. The number of nitro groups is 1. The highest BCUT2D eigenvalue weighted by molar-refractivity contribution is 5.97. The molecule has 1 aromatic heterocycles. The summed E-state index contributed by atoms with van der Waals surface area (Å²) in [6, 6.07) is 10.7. The van der Waals surface area contributed by atoms with Crippen LogP contribution < -0.4 is 15.4 Å². The maximum Gasteiger partial charge on any atom is 0.353 e. The molecule has 0 amide bonds. The van der Waals surface area contributed by atoms with E-state index in [2.05, 4.69) is 20.6 Å². The number of carbonyl (C=O) groups is 2. The Hall–Kier alpha value is -4.74. The summed E-state index contributed by atoms with van der Waals surface area (Å²) in [5.74, 6) is -1.03. The van der Waals surface area contributed by atoms with Crippen LogP contribution in [-0.2, 0) is 9.47 Å². The van der Waals surface area contributed by atoms with E-state index in [1.807, 2.05) is 0 Å². The number of anilines is 4. The molecule has 0 saturated heterocycles. The average Bonchev–Trinajstić information content (AvgIpc) is 2.83. The van der Waals surface area contributed by atoms with Crippen molar-refractivity contribution in [3.05, 3.63) is 70.0 Å². The second kappa shape index (κ2) is 10.0. The molecule has 3 aromatic rings. The normalized spacial score (nSPS) is 10.2. The Morgan fingerprint density at radius 2 is 1.36 bits per heavy atom. The van der Waals surface area contributed by atoms with Gasteiger partial charge in [-0.05, 0) is 42.5 Å². The van der Waals surface area contributed by atoms with Crippen LogP contribution in [0.2, 0.25) is 0 Å². The van der Waals surface area contributed by atoms with E-state index in [1.165, 1.54) is 39.5 Å². The van der Waals surface area contributed by atoms with Crippen LogP contribution in [0, 0.1) is 10.1 Å². The first kappa shape index (κ1) is 22.9. The summed E-state index contributed by atoms with van der Waals surface area (Å²) in [7, 11) is 3.90. The molecular formula is C21H19N5O7. The first-order valence-electron chi connectivity index (χ1n) is 9.35. The fourth-order valence-electron chi connectivity index (χ4n) is 2.85. The van der Waals surface area contributed by atoms with Gasteiger partial charge >= 0.3 is 17.6 Å². The third-order valence-electron chi connectivity index (χ3n) is 4.40. The van der Waals surface area contributed by atoms with Crippen LogP contribution in [0.15, 0.2) is 48.8 Å². The maximum absolute atomic E-state index is 12.0. The Morgan fingerprint density at radius 3 is 1.82 bits per heavy atom. The van der Waals surface area contributed by atoms with Gasteiger partial charge in [-0.15, -0.1) is 0 Å². The van der Waals surface area contributed by atoms with Crippen molar-refractivity contribution in [2.45, 2.75) is 0 Å². The van der Waals surface area contributed by atoms with Crippen LogP contribution in [0.1, 0.15) is 20.7 Å². The lowest BCUT2D eigenvalue weighted by molar-refractivity contribution is -0.383. The number of carbonyl (C=O) groups excluding carboxylic acids is 2. The van der Waals surface area contributed by atoms with Crippen LogP contribution in [0.5, 0.6) is 5.75 Å². The van der Waals surface area contributed by atoms with Gasteiger partial charge < -0.3 is 24.8 Å². The zero-order valence-corrected chi connectivity index (χ0v) is 17.8. The molecule has 0 aliphatic carbocycles. The van der Waals surface area contributed by atoms with Gasteiger partial charge in [0.1, 0.15) is 12.1 Å². The highest BCUT2D eigenvalue weighted by Gasteiger charge is 2.24. The van der Waals surface area contributed by atoms with Crippen molar-refractivity contribution in [2.75, 3.05) is 32.0 Å². The smallest absolute Gasteiger partial charge is 0.353 e. The van der Waals surface area contributed by atoms with Crippen LogP contribution in [0.4, 0.5) is 28.7 Å². The molecule has 0 fully saturated rings. The van der Waals surface area contributed by atoms with Crippen LogP contribution in [-0.4, -0.2) is 48.2 Å². The summed E-state index contributed by atoms with van der Waals surface area (Å²) >= 11 is 0. The fourth-order valence-corrected chi connectivity index (χ4v) is 2.85. The molecule has 33 heavy (non-hydrogen) atoms. The Kier molecular flexibility index (Phi) is 6.98. The van der Waals surface area contributed by atoms with Crippen LogP contribution in [0.3, 0.4) is 0 Å². The number of esters is 2. The van der Waals surface area contributed by atoms with Crippen molar-refractivity contribution in [2.24, 2.45) is 0 Å². The third kappa shape index (κ3) is 5.31. The molecule has 0 aliphatic heterocycles. The number of aromatic nitrogens is 2. The Labute approximate surface area is 187 Å². The summed E-state index contributed by atoms with van der Waals surface area (Å²) in [5, 5.41) is 17.5. The second-order valence-corrected chi connectivity index (χ2v) is 6.44. The van der Waals surface area contributed by atoms with Crippen LogP contribution >= 0.6 is 0 Å². The van der Waals surface area contributed by atoms with E-state index < -0.39 is 22.5 Å². The summed E-state index contributed by atoms with van der Waals surface area (Å²) < 4.78 is 14.5. The molecule has 0 spiro atoms. The second-order valence-electron chi connectivity index (χ2n) is 6.44. The van der Waals surface area contributed by atoms with E-state index in [0.717, 1.165) is 6.33 Å². The monoisotopic (exact) mass is 453 g/mol.